The van der Waals surface area contributed by atoms with Gasteiger partial charge in [0, 0.05) is 57.0 Å². The molecule has 0 aromatic carbocycles. The maximum Gasteiger partial charge on any atom is 0.222 e. The number of hydrogen-bond acceptors (Lipinski definition) is 5. The van der Waals surface area contributed by atoms with Crippen LogP contribution >= 0.6 is 0 Å². The smallest absolute Gasteiger partial charge is 0.222 e. The molecule has 7 nitrogen and oxygen atoms in total. The molecule has 0 N–H and O–H groups in total. The monoisotopic (exact) mass is 356 g/mol. The van der Waals surface area contributed by atoms with Crippen molar-refractivity contribution >= 4 is 5.91 Å². The van der Waals surface area contributed by atoms with Gasteiger partial charge in [-0.3, -0.25) is 14.5 Å². The van der Waals surface area contributed by atoms with Gasteiger partial charge in [0.05, 0.1) is 0 Å². The van der Waals surface area contributed by atoms with Crippen LogP contribution in [0.3, 0.4) is 0 Å². The van der Waals surface area contributed by atoms with E-state index in [1.165, 1.54) is 6.33 Å². The summed E-state index contributed by atoms with van der Waals surface area (Å²) in [4.78, 5) is 25.4. The van der Waals surface area contributed by atoms with Crippen LogP contribution in [0, 0.1) is 6.92 Å². The molecule has 1 fully saturated rings. The van der Waals surface area contributed by atoms with E-state index < -0.39 is 0 Å². The first-order valence-corrected chi connectivity index (χ1v) is 9.46. The molecule has 0 bridgehead atoms. The summed E-state index contributed by atoms with van der Waals surface area (Å²) in [6.07, 6.45) is 6.60. The summed E-state index contributed by atoms with van der Waals surface area (Å²) in [7, 11) is 0. The molecule has 7 heteroatoms. The number of carbonyl (C=O) groups is 1. The number of rotatable bonds is 7. The van der Waals surface area contributed by atoms with Gasteiger partial charge in [-0.25, -0.2) is 4.98 Å². The Morgan fingerprint density at radius 3 is 2.88 bits per heavy atom. The molecule has 2 aromatic rings. The molecule has 2 aromatic heterocycles. The molecule has 1 amide bonds. The minimum Gasteiger partial charge on any atom is -0.341 e. The van der Waals surface area contributed by atoms with Crippen molar-refractivity contribution in [3.8, 4) is 0 Å². The molecule has 0 unspecified atom stereocenters. The Hall–Kier alpha value is -2.28. The summed E-state index contributed by atoms with van der Waals surface area (Å²) in [6, 6.07) is 6.19. The first kappa shape index (κ1) is 18.5. The van der Waals surface area contributed by atoms with Crippen molar-refractivity contribution in [2.45, 2.75) is 39.2 Å². The van der Waals surface area contributed by atoms with Crippen LogP contribution in [-0.2, 0) is 17.8 Å². The van der Waals surface area contributed by atoms with Gasteiger partial charge in [0.15, 0.2) is 0 Å². The van der Waals surface area contributed by atoms with Crippen molar-refractivity contribution < 1.29 is 4.79 Å². The summed E-state index contributed by atoms with van der Waals surface area (Å²) in [5, 5.41) is 4.07. The summed E-state index contributed by atoms with van der Waals surface area (Å²) < 4.78 is 1.77. The van der Waals surface area contributed by atoms with Crippen LogP contribution in [0.4, 0.5) is 0 Å². The zero-order chi connectivity index (χ0) is 18.2. The Bertz CT molecular complexity index is 687. The van der Waals surface area contributed by atoms with Crippen molar-refractivity contribution in [2.24, 2.45) is 0 Å². The average molecular weight is 356 g/mol. The SMILES string of the molecule is Cc1cccc(CCN2CCCN(C(=O)CCCn3cncn3)CC2)n1. The highest BCUT2D eigenvalue weighted by Gasteiger charge is 2.18. The lowest BCUT2D eigenvalue weighted by Crippen LogP contribution is -2.35. The molecule has 0 radical (unpaired) electrons. The number of aromatic nitrogens is 4. The lowest BCUT2D eigenvalue weighted by Gasteiger charge is -2.22. The van der Waals surface area contributed by atoms with Gasteiger partial charge in [-0.05, 0) is 38.4 Å². The van der Waals surface area contributed by atoms with Crippen molar-refractivity contribution in [1.29, 1.82) is 0 Å². The van der Waals surface area contributed by atoms with Gasteiger partial charge in [-0.15, -0.1) is 0 Å². The van der Waals surface area contributed by atoms with Crippen molar-refractivity contribution in [3.63, 3.8) is 0 Å². The molecule has 0 saturated carbocycles. The van der Waals surface area contributed by atoms with Crippen molar-refractivity contribution in [2.75, 3.05) is 32.7 Å². The highest BCUT2D eigenvalue weighted by molar-refractivity contribution is 5.76. The largest absolute Gasteiger partial charge is 0.341 e. The van der Waals surface area contributed by atoms with Crippen LogP contribution in [0.5, 0.6) is 0 Å². The Labute approximate surface area is 155 Å². The molecule has 0 atom stereocenters. The summed E-state index contributed by atoms with van der Waals surface area (Å²) >= 11 is 0. The Kier molecular flexibility index (Phi) is 6.71. The molecular formula is C19H28N6O. The van der Waals surface area contributed by atoms with Crippen LogP contribution in [0.15, 0.2) is 30.9 Å². The number of carbonyl (C=O) groups excluding carboxylic acids is 1. The Balaban J connectivity index is 1.39. The topological polar surface area (TPSA) is 67.2 Å². The van der Waals surface area contributed by atoms with Crippen LogP contribution in [0.1, 0.15) is 30.7 Å². The predicted molar refractivity (Wildman–Crippen MR) is 99.6 cm³/mol. The molecular weight excluding hydrogens is 328 g/mol. The molecule has 1 saturated heterocycles. The fourth-order valence-electron chi connectivity index (χ4n) is 3.35. The zero-order valence-electron chi connectivity index (χ0n) is 15.5. The second-order valence-electron chi connectivity index (χ2n) is 6.86. The molecule has 3 heterocycles. The quantitative estimate of drug-likeness (QED) is 0.753. The van der Waals surface area contributed by atoms with E-state index in [0.717, 1.165) is 69.9 Å². The van der Waals surface area contributed by atoms with Crippen LogP contribution in [-0.4, -0.2) is 68.2 Å². The van der Waals surface area contributed by atoms with E-state index >= 15 is 0 Å². The third-order valence-electron chi connectivity index (χ3n) is 4.82. The predicted octanol–water partition coefficient (Wildman–Crippen LogP) is 1.54. The van der Waals surface area contributed by atoms with Gasteiger partial charge in [0.2, 0.25) is 5.91 Å². The molecule has 3 rings (SSSR count). The lowest BCUT2D eigenvalue weighted by atomic mass is 10.2. The van der Waals surface area contributed by atoms with E-state index in [2.05, 4.69) is 32.1 Å². The van der Waals surface area contributed by atoms with Gasteiger partial charge in [0.25, 0.3) is 0 Å². The second kappa shape index (κ2) is 9.43. The van der Waals surface area contributed by atoms with E-state index in [4.69, 9.17) is 0 Å². The Morgan fingerprint density at radius 1 is 1.15 bits per heavy atom. The third kappa shape index (κ3) is 5.62. The molecule has 1 aliphatic rings. The van der Waals surface area contributed by atoms with Crippen molar-refractivity contribution in [1.82, 2.24) is 29.5 Å². The number of aryl methyl sites for hydroxylation is 2. The molecule has 26 heavy (non-hydrogen) atoms. The highest BCUT2D eigenvalue weighted by atomic mass is 16.2. The number of hydrogen-bond donors (Lipinski definition) is 0. The molecule has 0 spiro atoms. The van der Waals surface area contributed by atoms with Gasteiger partial charge < -0.3 is 9.80 Å². The summed E-state index contributed by atoms with van der Waals surface area (Å²) in [6.45, 7) is 7.46. The highest BCUT2D eigenvalue weighted by Crippen LogP contribution is 2.08. The molecule has 140 valence electrons. The zero-order valence-corrected chi connectivity index (χ0v) is 15.5. The average Bonchev–Trinajstić information content (AvgIpc) is 3.03. The fraction of sp³-hybridized carbons (Fsp3) is 0.579. The van der Waals surface area contributed by atoms with Gasteiger partial charge in [-0.1, -0.05) is 6.07 Å². The second-order valence-corrected chi connectivity index (χ2v) is 6.86. The summed E-state index contributed by atoms with van der Waals surface area (Å²) in [5.41, 5.74) is 2.22. The minimum atomic E-state index is 0.257. The van der Waals surface area contributed by atoms with Gasteiger partial charge in [0.1, 0.15) is 12.7 Å². The van der Waals surface area contributed by atoms with E-state index in [1.54, 1.807) is 11.0 Å². The molecule has 0 aliphatic carbocycles. The summed E-state index contributed by atoms with van der Waals surface area (Å²) in [5.74, 6) is 0.257. The first-order valence-electron chi connectivity index (χ1n) is 9.46. The number of nitrogens with zero attached hydrogens (tertiary/aromatic N) is 6. The van der Waals surface area contributed by atoms with Crippen molar-refractivity contribution in [3.05, 3.63) is 42.2 Å². The van der Waals surface area contributed by atoms with Gasteiger partial charge >= 0.3 is 0 Å². The maximum absolute atomic E-state index is 12.5. The third-order valence-corrected chi connectivity index (χ3v) is 4.82. The van der Waals surface area contributed by atoms with E-state index in [0.29, 0.717) is 6.42 Å². The van der Waals surface area contributed by atoms with Crippen LogP contribution in [0.2, 0.25) is 0 Å². The lowest BCUT2D eigenvalue weighted by molar-refractivity contribution is -0.131. The van der Waals surface area contributed by atoms with E-state index in [1.807, 2.05) is 17.9 Å². The maximum atomic E-state index is 12.5. The van der Waals surface area contributed by atoms with Gasteiger partial charge in [-0.2, -0.15) is 5.10 Å². The normalized spacial score (nSPS) is 15.8. The Morgan fingerprint density at radius 2 is 2.08 bits per heavy atom. The fourth-order valence-corrected chi connectivity index (χ4v) is 3.35. The number of pyridine rings is 1. The standard InChI is InChI=1S/C19H28N6O/c1-17-5-2-6-18(22-17)8-12-23-9-4-10-24(14-13-23)19(26)7-3-11-25-16-20-15-21-25/h2,5-6,15-16H,3-4,7-14H2,1H3. The van der Waals surface area contributed by atoms with E-state index in [-0.39, 0.29) is 5.91 Å². The van der Waals surface area contributed by atoms with E-state index in [9.17, 15) is 4.79 Å². The minimum absolute atomic E-state index is 0.257. The van der Waals surface area contributed by atoms with Crippen LogP contribution in [0.25, 0.3) is 0 Å². The van der Waals surface area contributed by atoms with Crippen LogP contribution < -0.4 is 0 Å². The number of amides is 1. The molecule has 1 aliphatic heterocycles. The first-order chi connectivity index (χ1) is 12.7.